The van der Waals surface area contributed by atoms with Crippen molar-refractivity contribution in [1.29, 1.82) is 0 Å². The fraction of sp³-hybridized carbons (Fsp3) is 0.647. The minimum atomic E-state index is 0.125. The van der Waals surface area contributed by atoms with Crippen LogP contribution >= 0.6 is 0 Å². The van der Waals surface area contributed by atoms with Gasteiger partial charge in [0.2, 0.25) is 5.91 Å². The fourth-order valence-corrected chi connectivity index (χ4v) is 3.62. The molecule has 0 radical (unpaired) electrons. The van der Waals surface area contributed by atoms with E-state index in [-0.39, 0.29) is 18.1 Å². The molecule has 5 nitrogen and oxygen atoms in total. The van der Waals surface area contributed by atoms with E-state index in [0.29, 0.717) is 25.7 Å². The van der Waals surface area contributed by atoms with E-state index in [1.54, 1.807) is 6.20 Å². The average Bonchev–Trinajstić information content (AvgIpc) is 2.95. The molecule has 2 fully saturated rings. The Kier molecular flexibility index (Phi) is 4.74. The minimum Gasteiger partial charge on any atom is -0.372 e. The molecule has 3 rings (SSSR count). The Bertz CT molecular complexity index is 498. The molecule has 2 aliphatic heterocycles. The quantitative estimate of drug-likeness (QED) is 0.855. The van der Waals surface area contributed by atoms with E-state index in [1.165, 1.54) is 5.56 Å². The number of amides is 1. The van der Waals surface area contributed by atoms with Crippen molar-refractivity contribution >= 4 is 5.91 Å². The van der Waals surface area contributed by atoms with Crippen molar-refractivity contribution < 1.29 is 9.53 Å². The summed E-state index contributed by atoms with van der Waals surface area (Å²) in [6.07, 6.45) is 6.22. The van der Waals surface area contributed by atoms with Gasteiger partial charge in [-0.1, -0.05) is 6.07 Å². The second-order valence-corrected chi connectivity index (χ2v) is 6.47. The molecular formula is C17H25N3O2. The molecule has 1 aromatic heterocycles. The van der Waals surface area contributed by atoms with Crippen molar-refractivity contribution in [2.45, 2.75) is 44.9 Å². The van der Waals surface area contributed by atoms with Crippen LogP contribution in [-0.2, 0) is 9.53 Å². The van der Waals surface area contributed by atoms with Gasteiger partial charge < -0.3 is 9.64 Å². The highest BCUT2D eigenvalue weighted by molar-refractivity contribution is 5.78. The highest BCUT2D eigenvalue weighted by Crippen LogP contribution is 2.31. The Morgan fingerprint density at radius 3 is 2.82 bits per heavy atom. The highest BCUT2D eigenvalue weighted by atomic mass is 16.5. The lowest BCUT2D eigenvalue weighted by Crippen LogP contribution is -2.51. The maximum atomic E-state index is 12.6. The van der Waals surface area contributed by atoms with Crippen molar-refractivity contribution in [3.05, 3.63) is 30.1 Å². The zero-order valence-electron chi connectivity index (χ0n) is 13.4. The first kappa shape index (κ1) is 15.4. The molecule has 22 heavy (non-hydrogen) atoms. The summed E-state index contributed by atoms with van der Waals surface area (Å²) in [5.74, 6) is 0.220. The standard InChI is InChI=1S/C17H25N3O2/c1-13-10-20(11-14(2)22-13)17(21)12-19-8-4-6-16(19)15-5-3-7-18-9-15/h3,5,7,9,13-14,16H,4,6,8,10-12H2,1-2H3/t13-,14+,16?. The van der Waals surface area contributed by atoms with Gasteiger partial charge in [-0.2, -0.15) is 0 Å². The number of pyridine rings is 1. The maximum Gasteiger partial charge on any atom is 0.236 e. The molecule has 0 saturated carbocycles. The van der Waals surface area contributed by atoms with Crippen LogP contribution in [0, 0.1) is 0 Å². The zero-order valence-corrected chi connectivity index (χ0v) is 13.4. The van der Waals surface area contributed by atoms with E-state index in [2.05, 4.69) is 16.0 Å². The summed E-state index contributed by atoms with van der Waals surface area (Å²) in [5, 5.41) is 0. The van der Waals surface area contributed by atoms with E-state index in [9.17, 15) is 4.79 Å². The number of hydrogen-bond acceptors (Lipinski definition) is 4. The molecule has 3 atom stereocenters. The van der Waals surface area contributed by atoms with Crippen LogP contribution in [0.25, 0.3) is 0 Å². The third-order valence-electron chi connectivity index (χ3n) is 4.54. The summed E-state index contributed by atoms with van der Waals surface area (Å²) in [6, 6.07) is 4.41. The molecule has 0 N–H and O–H groups in total. The number of ether oxygens (including phenoxy) is 1. The summed E-state index contributed by atoms with van der Waals surface area (Å²) in [4.78, 5) is 21.1. The third kappa shape index (κ3) is 3.47. The van der Waals surface area contributed by atoms with Gasteiger partial charge in [-0.25, -0.2) is 0 Å². The van der Waals surface area contributed by atoms with Gasteiger partial charge in [0.1, 0.15) is 0 Å². The van der Waals surface area contributed by atoms with Crippen LogP contribution in [-0.4, -0.2) is 59.1 Å². The van der Waals surface area contributed by atoms with Gasteiger partial charge in [0.25, 0.3) is 0 Å². The highest BCUT2D eigenvalue weighted by Gasteiger charge is 2.31. The van der Waals surface area contributed by atoms with Crippen molar-refractivity contribution in [2.24, 2.45) is 0 Å². The number of hydrogen-bond donors (Lipinski definition) is 0. The summed E-state index contributed by atoms with van der Waals surface area (Å²) >= 11 is 0. The molecule has 120 valence electrons. The fourth-order valence-electron chi connectivity index (χ4n) is 3.62. The first-order chi connectivity index (χ1) is 10.6. The average molecular weight is 303 g/mol. The summed E-state index contributed by atoms with van der Waals surface area (Å²) < 4.78 is 5.71. The third-order valence-corrected chi connectivity index (χ3v) is 4.54. The van der Waals surface area contributed by atoms with Crippen LogP contribution in [0.5, 0.6) is 0 Å². The van der Waals surface area contributed by atoms with Gasteiger partial charge in [-0.3, -0.25) is 14.7 Å². The molecule has 0 aliphatic carbocycles. The molecule has 1 aromatic rings. The van der Waals surface area contributed by atoms with E-state index in [4.69, 9.17) is 4.74 Å². The van der Waals surface area contributed by atoms with Gasteiger partial charge in [0.15, 0.2) is 0 Å². The molecule has 0 bridgehead atoms. The van der Waals surface area contributed by atoms with Crippen molar-refractivity contribution in [2.75, 3.05) is 26.2 Å². The number of rotatable bonds is 3. The van der Waals surface area contributed by atoms with Crippen LogP contribution < -0.4 is 0 Å². The molecule has 3 heterocycles. The Morgan fingerprint density at radius 1 is 1.36 bits per heavy atom. The number of morpholine rings is 1. The van der Waals surface area contributed by atoms with Gasteiger partial charge in [0.05, 0.1) is 18.8 Å². The summed E-state index contributed by atoms with van der Waals surface area (Å²) in [7, 11) is 0. The zero-order chi connectivity index (χ0) is 15.5. The maximum absolute atomic E-state index is 12.6. The van der Waals surface area contributed by atoms with Gasteiger partial charge >= 0.3 is 0 Å². The Morgan fingerprint density at radius 2 is 2.14 bits per heavy atom. The van der Waals surface area contributed by atoms with Gasteiger partial charge in [-0.05, 0) is 44.9 Å². The van der Waals surface area contributed by atoms with Gasteiger partial charge in [-0.15, -0.1) is 0 Å². The van der Waals surface area contributed by atoms with Crippen LogP contribution in [0.15, 0.2) is 24.5 Å². The summed E-state index contributed by atoms with van der Waals surface area (Å²) in [6.45, 7) is 6.96. The van der Waals surface area contributed by atoms with Crippen LogP contribution in [0.1, 0.15) is 38.3 Å². The lowest BCUT2D eigenvalue weighted by atomic mass is 10.1. The van der Waals surface area contributed by atoms with Crippen molar-refractivity contribution in [3.8, 4) is 0 Å². The number of likely N-dealkylation sites (tertiary alicyclic amines) is 1. The number of carbonyl (C=O) groups is 1. The van der Waals surface area contributed by atoms with E-state index in [0.717, 1.165) is 19.4 Å². The normalized spacial score (nSPS) is 29.7. The monoisotopic (exact) mass is 303 g/mol. The van der Waals surface area contributed by atoms with Crippen molar-refractivity contribution in [3.63, 3.8) is 0 Å². The second kappa shape index (κ2) is 6.75. The van der Waals surface area contributed by atoms with E-state index < -0.39 is 0 Å². The van der Waals surface area contributed by atoms with Crippen LogP contribution in [0.4, 0.5) is 0 Å². The molecular weight excluding hydrogens is 278 g/mol. The number of aromatic nitrogens is 1. The lowest BCUT2D eigenvalue weighted by molar-refractivity contribution is -0.144. The van der Waals surface area contributed by atoms with E-state index >= 15 is 0 Å². The molecule has 0 spiro atoms. The van der Waals surface area contributed by atoms with E-state index in [1.807, 2.05) is 31.0 Å². The lowest BCUT2D eigenvalue weighted by Gasteiger charge is -2.36. The molecule has 1 amide bonds. The van der Waals surface area contributed by atoms with Crippen LogP contribution in [0.2, 0.25) is 0 Å². The minimum absolute atomic E-state index is 0.125. The first-order valence-corrected chi connectivity index (χ1v) is 8.20. The summed E-state index contributed by atoms with van der Waals surface area (Å²) in [5.41, 5.74) is 1.22. The molecule has 5 heteroatoms. The molecule has 1 unspecified atom stereocenters. The Hall–Kier alpha value is -1.46. The molecule has 2 aliphatic rings. The Labute approximate surface area is 132 Å². The van der Waals surface area contributed by atoms with Gasteiger partial charge in [0, 0.05) is 31.5 Å². The molecule has 0 aromatic carbocycles. The number of nitrogens with zero attached hydrogens (tertiary/aromatic N) is 3. The second-order valence-electron chi connectivity index (χ2n) is 6.47. The predicted octanol–water partition coefficient (Wildman–Crippen LogP) is 1.85. The van der Waals surface area contributed by atoms with Crippen LogP contribution in [0.3, 0.4) is 0 Å². The largest absolute Gasteiger partial charge is 0.372 e. The SMILES string of the molecule is C[C@@H]1CN(C(=O)CN2CCCC2c2cccnc2)C[C@H](C)O1. The first-order valence-electron chi connectivity index (χ1n) is 8.20. The number of carbonyl (C=O) groups excluding carboxylic acids is 1. The predicted molar refractivity (Wildman–Crippen MR) is 84.4 cm³/mol. The molecule has 2 saturated heterocycles. The smallest absolute Gasteiger partial charge is 0.236 e. The Balaban J connectivity index is 1.63. The van der Waals surface area contributed by atoms with Crippen molar-refractivity contribution in [1.82, 2.24) is 14.8 Å². The topological polar surface area (TPSA) is 45.7 Å².